The summed E-state index contributed by atoms with van der Waals surface area (Å²) in [5, 5.41) is 21.0. The zero-order chi connectivity index (χ0) is 21.9. The average molecular weight is 415 g/mol. The van der Waals surface area contributed by atoms with Gasteiger partial charge >= 0.3 is 7.12 Å². The molecular weight excluding hydrogens is 393 g/mol. The largest absolute Gasteiger partial charge is 0.488 e. The van der Waals surface area contributed by atoms with Gasteiger partial charge in [-0.25, -0.2) is 0 Å². The molecule has 0 atom stereocenters. The summed E-state index contributed by atoms with van der Waals surface area (Å²) < 4.78 is 0. The molecule has 2 N–H and O–H groups in total. The Kier molecular flexibility index (Phi) is 5.47. The van der Waals surface area contributed by atoms with E-state index in [2.05, 4.69) is 95.9 Å². The van der Waals surface area contributed by atoms with Crippen molar-refractivity contribution in [1.29, 1.82) is 0 Å². The van der Waals surface area contributed by atoms with Crippen LogP contribution in [0.2, 0.25) is 0 Å². The van der Waals surface area contributed by atoms with Crippen LogP contribution in [0.25, 0.3) is 21.9 Å². The molecule has 0 aliphatic carbocycles. The minimum absolute atomic E-state index is 0.483. The number of hydrogen-bond acceptors (Lipinski definition) is 3. The van der Waals surface area contributed by atoms with Gasteiger partial charge in [-0.3, -0.25) is 0 Å². The van der Waals surface area contributed by atoms with Gasteiger partial charge in [0.15, 0.2) is 0 Å². The van der Waals surface area contributed by atoms with Gasteiger partial charge in [-0.1, -0.05) is 91.0 Å². The molecule has 154 valence electrons. The predicted molar refractivity (Wildman–Crippen MR) is 134 cm³/mol. The third kappa shape index (κ3) is 3.90. The molecule has 0 aliphatic rings. The highest BCUT2D eigenvalue weighted by Gasteiger charge is 2.15. The summed E-state index contributed by atoms with van der Waals surface area (Å²) in [4.78, 5) is 2.28. The Morgan fingerprint density at radius 2 is 1.06 bits per heavy atom. The van der Waals surface area contributed by atoms with Crippen molar-refractivity contribution in [3.05, 3.63) is 121 Å². The molecule has 5 aromatic rings. The molecule has 0 aromatic heterocycles. The Hall–Kier alpha value is -3.86. The van der Waals surface area contributed by atoms with Crippen LogP contribution in [0.15, 0.2) is 121 Å². The smallest absolute Gasteiger partial charge is 0.423 e. The second-order valence-corrected chi connectivity index (χ2v) is 7.71. The first-order chi connectivity index (χ1) is 15.7. The van der Waals surface area contributed by atoms with Gasteiger partial charge in [0.25, 0.3) is 0 Å². The Bertz CT molecular complexity index is 1330. The van der Waals surface area contributed by atoms with E-state index in [4.69, 9.17) is 0 Å². The number of fused-ring (bicyclic) bond motifs is 1. The van der Waals surface area contributed by atoms with Gasteiger partial charge < -0.3 is 14.9 Å². The summed E-state index contributed by atoms with van der Waals surface area (Å²) in [5.74, 6) is 0. The lowest BCUT2D eigenvalue weighted by molar-refractivity contribution is 0.426. The van der Waals surface area contributed by atoms with Crippen LogP contribution >= 0.6 is 0 Å². The van der Waals surface area contributed by atoms with Crippen molar-refractivity contribution in [3.8, 4) is 11.1 Å². The minimum Gasteiger partial charge on any atom is -0.423 e. The average Bonchev–Trinajstić information content (AvgIpc) is 2.85. The van der Waals surface area contributed by atoms with Gasteiger partial charge in [-0.2, -0.15) is 0 Å². The highest BCUT2D eigenvalue weighted by molar-refractivity contribution is 6.58. The van der Waals surface area contributed by atoms with Crippen LogP contribution in [-0.4, -0.2) is 17.2 Å². The van der Waals surface area contributed by atoms with Crippen LogP contribution in [0, 0.1) is 0 Å². The number of benzene rings is 5. The Morgan fingerprint density at radius 3 is 1.75 bits per heavy atom. The molecule has 4 heteroatoms. The molecule has 0 saturated carbocycles. The van der Waals surface area contributed by atoms with Crippen molar-refractivity contribution in [2.24, 2.45) is 0 Å². The summed E-state index contributed by atoms with van der Waals surface area (Å²) in [6.07, 6.45) is 0. The molecule has 0 saturated heterocycles. The summed E-state index contributed by atoms with van der Waals surface area (Å²) in [6, 6.07) is 40.9. The fourth-order valence-corrected chi connectivity index (χ4v) is 4.06. The number of para-hydroxylation sites is 1. The first-order valence-electron chi connectivity index (χ1n) is 10.6. The third-order valence-corrected chi connectivity index (χ3v) is 5.69. The van der Waals surface area contributed by atoms with Crippen LogP contribution < -0.4 is 10.4 Å². The van der Waals surface area contributed by atoms with E-state index in [0.717, 1.165) is 28.2 Å². The van der Waals surface area contributed by atoms with E-state index in [1.54, 1.807) is 12.1 Å². The van der Waals surface area contributed by atoms with Crippen molar-refractivity contribution in [1.82, 2.24) is 0 Å². The first kappa shape index (κ1) is 20.1. The lowest BCUT2D eigenvalue weighted by Gasteiger charge is -2.27. The number of hydrogen-bond donors (Lipinski definition) is 2. The van der Waals surface area contributed by atoms with E-state index in [0.29, 0.717) is 5.46 Å². The third-order valence-electron chi connectivity index (χ3n) is 5.69. The van der Waals surface area contributed by atoms with Crippen LogP contribution in [0.4, 0.5) is 17.1 Å². The Morgan fingerprint density at radius 1 is 0.500 bits per heavy atom. The molecule has 5 aromatic carbocycles. The van der Waals surface area contributed by atoms with Crippen molar-refractivity contribution in [2.75, 3.05) is 4.90 Å². The second-order valence-electron chi connectivity index (χ2n) is 7.71. The van der Waals surface area contributed by atoms with E-state index in [1.165, 1.54) is 10.8 Å². The quantitative estimate of drug-likeness (QED) is 0.364. The fraction of sp³-hybridized carbons (Fsp3) is 0. The van der Waals surface area contributed by atoms with Gasteiger partial charge in [0.05, 0.1) is 5.69 Å². The van der Waals surface area contributed by atoms with Crippen molar-refractivity contribution < 1.29 is 10.0 Å². The molecule has 0 aliphatic heterocycles. The molecule has 0 amide bonds. The SMILES string of the molecule is OB(O)c1ccc(-c2ccc(N(c3ccccc3)c3cccc4ccccc34)cc2)cc1. The molecular formula is C28H22BNO2. The van der Waals surface area contributed by atoms with E-state index in [9.17, 15) is 10.0 Å². The summed E-state index contributed by atoms with van der Waals surface area (Å²) >= 11 is 0. The van der Waals surface area contributed by atoms with E-state index in [1.807, 2.05) is 18.2 Å². The number of nitrogens with zero attached hydrogens (tertiary/aromatic N) is 1. The van der Waals surface area contributed by atoms with Crippen LogP contribution in [0.1, 0.15) is 0 Å². The molecule has 32 heavy (non-hydrogen) atoms. The van der Waals surface area contributed by atoms with E-state index in [-0.39, 0.29) is 0 Å². The summed E-state index contributed by atoms with van der Waals surface area (Å²) in [7, 11) is -1.45. The molecule has 3 nitrogen and oxygen atoms in total. The number of rotatable bonds is 5. The molecule has 0 spiro atoms. The van der Waals surface area contributed by atoms with Crippen molar-refractivity contribution in [2.45, 2.75) is 0 Å². The molecule has 0 unspecified atom stereocenters. The van der Waals surface area contributed by atoms with Gasteiger partial charge in [0.1, 0.15) is 0 Å². The maximum atomic E-state index is 9.32. The zero-order valence-corrected chi connectivity index (χ0v) is 17.5. The van der Waals surface area contributed by atoms with Crippen molar-refractivity contribution >= 4 is 40.4 Å². The highest BCUT2D eigenvalue weighted by Crippen LogP contribution is 2.39. The second kappa shape index (κ2) is 8.71. The highest BCUT2D eigenvalue weighted by atomic mass is 16.4. The number of anilines is 3. The van der Waals surface area contributed by atoms with Crippen molar-refractivity contribution in [3.63, 3.8) is 0 Å². The van der Waals surface area contributed by atoms with Crippen LogP contribution in [0.5, 0.6) is 0 Å². The van der Waals surface area contributed by atoms with Gasteiger partial charge in [-0.15, -0.1) is 0 Å². The topological polar surface area (TPSA) is 43.7 Å². The van der Waals surface area contributed by atoms with Gasteiger partial charge in [0.2, 0.25) is 0 Å². The normalized spacial score (nSPS) is 10.8. The van der Waals surface area contributed by atoms with E-state index < -0.39 is 7.12 Å². The lowest BCUT2D eigenvalue weighted by atomic mass is 9.80. The first-order valence-corrected chi connectivity index (χ1v) is 10.6. The molecule has 0 heterocycles. The maximum absolute atomic E-state index is 9.32. The monoisotopic (exact) mass is 415 g/mol. The Labute approximate surface area is 188 Å². The molecule has 0 fully saturated rings. The van der Waals surface area contributed by atoms with Gasteiger partial charge in [0, 0.05) is 16.8 Å². The van der Waals surface area contributed by atoms with Crippen LogP contribution in [-0.2, 0) is 0 Å². The molecule has 5 rings (SSSR count). The maximum Gasteiger partial charge on any atom is 0.488 e. The Balaban J connectivity index is 1.58. The summed E-state index contributed by atoms with van der Waals surface area (Å²) in [5.41, 5.74) is 5.87. The predicted octanol–water partition coefficient (Wildman–Crippen LogP) is 5.66. The standard InChI is InChI=1S/C28H22BNO2/c31-29(32)24-17-13-21(14-18-24)22-15-19-26(20-16-22)30(25-9-2-1-3-10-25)28-12-6-8-23-7-4-5-11-27(23)28/h1-20,31-32H. The van der Waals surface area contributed by atoms with Gasteiger partial charge in [-0.05, 0) is 52.3 Å². The van der Waals surface area contributed by atoms with Crippen LogP contribution in [0.3, 0.4) is 0 Å². The zero-order valence-electron chi connectivity index (χ0n) is 17.5. The summed E-state index contributed by atoms with van der Waals surface area (Å²) in [6.45, 7) is 0. The minimum atomic E-state index is -1.45. The lowest BCUT2D eigenvalue weighted by Crippen LogP contribution is -2.29. The fourth-order valence-electron chi connectivity index (χ4n) is 4.06. The molecule has 0 bridgehead atoms. The molecule has 0 radical (unpaired) electrons. The van der Waals surface area contributed by atoms with E-state index >= 15 is 0 Å².